The number of nitrogens with zero attached hydrogens (tertiary/aromatic N) is 3. The Morgan fingerprint density at radius 3 is 2.49 bits per heavy atom. The number of imide groups is 2. The Bertz CT molecular complexity index is 1620. The summed E-state index contributed by atoms with van der Waals surface area (Å²) in [5, 5.41) is 20.8. The van der Waals surface area contributed by atoms with Crippen LogP contribution in [0.3, 0.4) is 0 Å². The van der Waals surface area contributed by atoms with E-state index in [1.165, 1.54) is 24.3 Å². The van der Waals surface area contributed by atoms with Crippen molar-refractivity contribution in [3.63, 3.8) is 0 Å². The van der Waals surface area contributed by atoms with Gasteiger partial charge in [0.2, 0.25) is 11.8 Å². The van der Waals surface area contributed by atoms with Gasteiger partial charge in [-0.3, -0.25) is 34.2 Å². The number of anilines is 1. The highest BCUT2D eigenvalue weighted by Crippen LogP contribution is 2.66. The summed E-state index contributed by atoms with van der Waals surface area (Å²) in [4.78, 5) is 64.2. The number of benzene rings is 2. The van der Waals surface area contributed by atoms with Crippen LogP contribution in [0.25, 0.3) is 0 Å². The smallest absolute Gasteiger partial charge is 0.271 e. The minimum Gasteiger partial charge on any atom is -0.491 e. The molecule has 1 N–H and O–H groups in total. The first-order valence-electron chi connectivity index (χ1n) is 13.5. The van der Waals surface area contributed by atoms with Gasteiger partial charge in [-0.15, -0.1) is 23.2 Å². The highest BCUT2D eigenvalue weighted by Gasteiger charge is 2.76. The van der Waals surface area contributed by atoms with Crippen LogP contribution in [-0.2, 0) is 19.2 Å². The predicted molar refractivity (Wildman–Crippen MR) is 158 cm³/mol. The Morgan fingerprint density at radius 2 is 1.79 bits per heavy atom. The summed E-state index contributed by atoms with van der Waals surface area (Å²) < 4.78 is 5.81. The number of carbonyl (C=O) groups is 4. The molecule has 11 nitrogen and oxygen atoms in total. The van der Waals surface area contributed by atoms with E-state index in [9.17, 15) is 34.4 Å². The van der Waals surface area contributed by atoms with Gasteiger partial charge in [0.05, 0.1) is 34.5 Å². The Hall–Kier alpha value is -3.32. The number of fused-ring (bicyclic) bond motifs is 4. The van der Waals surface area contributed by atoms with Crippen LogP contribution in [0.2, 0.25) is 0 Å². The number of rotatable bonds is 7. The third-order valence-corrected chi connectivity index (χ3v) is 10.8. The van der Waals surface area contributed by atoms with Gasteiger partial charge in [0.25, 0.3) is 17.5 Å². The van der Waals surface area contributed by atoms with Crippen molar-refractivity contribution in [2.75, 3.05) is 23.6 Å². The number of likely N-dealkylation sites (tertiary alicyclic amines) is 1. The van der Waals surface area contributed by atoms with E-state index in [0.29, 0.717) is 16.9 Å². The summed E-state index contributed by atoms with van der Waals surface area (Å²) in [6.07, 6.45) is 1.73. The van der Waals surface area contributed by atoms with E-state index in [-0.39, 0.29) is 42.9 Å². The fraction of sp³-hybridized carbons (Fsp3) is 0.379. The van der Waals surface area contributed by atoms with E-state index in [4.69, 9.17) is 27.9 Å². The second-order valence-electron chi connectivity index (χ2n) is 10.9. The molecule has 224 valence electrons. The zero-order valence-electron chi connectivity index (χ0n) is 22.3. The molecule has 1 saturated carbocycles. The molecule has 0 aromatic heterocycles. The largest absolute Gasteiger partial charge is 0.491 e. The van der Waals surface area contributed by atoms with E-state index >= 15 is 0 Å². The molecule has 3 fully saturated rings. The minimum atomic E-state index is -2.00. The van der Waals surface area contributed by atoms with Gasteiger partial charge in [0, 0.05) is 23.6 Å². The fourth-order valence-corrected chi connectivity index (χ4v) is 8.52. The van der Waals surface area contributed by atoms with Crippen molar-refractivity contribution in [3.8, 4) is 5.75 Å². The van der Waals surface area contributed by atoms with Crippen molar-refractivity contribution in [3.05, 3.63) is 75.9 Å². The molecule has 2 aliphatic carbocycles. The average Bonchev–Trinajstić information content (AvgIpc) is 3.34. The number of hydrogen-bond donors (Lipinski definition) is 1. The third-order valence-electron chi connectivity index (χ3n) is 8.89. The van der Waals surface area contributed by atoms with Gasteiger partial charge in [-0.2, -0.15) is 0 Å². The Kier molecular flexibility index (Phi) is 7.39. The molecule has 0 radical (unpaired) electrons. The van der Waals surface area contributed by atoms with Gasteiger partial charge in [0.1, 0.15) is 12.4 Å². The van der Waals surface area contributed by atoms with Crippen molar-refractivity contribution in [2.45, 2.75) is 28.5 Å². The van der Waals surface area contributed by atoms with Gasteiger partial charge in [-0.05, 0) is 30.9 Å². The first-order chi connectivity index (χ1) is 20.5. The first-order valence-corrected chi connectivity index (χ1v) is 15.3. The molecule has 0 bridgehead atoms. The SMILES string of the molecule is O=C1C2CC=C3C(CC4(Cl)C(=O)N(CBr)C(=O)C4(Cl)C3c3ccccc3OCCO)C2C(=O)N1c1cccc([N+](=O)[O-])c1. The molecule has 43 heavy (non-hydrogen) atoms. The Morgan fingerprint density at radius 1 is 1.05 bits per heavy atom. The zero-order valence-corrected chi connectivity index (χ0v) is 25.4. The lowest BCUT2D eigenvalue weighted by atomic mass is 9.56. The van der Waals surface area contributed by atoms with Crippen molar-refractivity contribution in [1.82, 2.24) is 4.90 Å². The van der Waals surface area contributed by atoms with Crippen LogP contribution in [0.4, 0.5) is 11.4 Å². The lowest BCUT2D eigenvalue weighted by Crippen LogP contribution is -2.60. The van der Waals surface area contributed by atoms with Crippen LogP contribution >= 0.6 is 39.1 Å². The lowest BCUT2D eigenvalue weighted by Gasteiger charge is -2.51. The summed E-state index contributed by atoms with van der Waals surface area (Å²) in [6, 6.07) is 12.0. The molecule has 6 atom stereocenters. The Labute approximate surface area is 263 Å². The molecule has 6 rings (SSSR count). The quantitative estimate of drug-likeness (QED) is 0.115. The second kappa shape index (κ2) is 10.7. The summed E-state index contributed by atoms with van der Waals surface area (Å²) in [6.45, 7) is -0.331. The minimum absolute atomic E-state index is 0.0518. The van der Waals surface area contributed by atoms with E-state index in [1.807, 2.05) is 0 Å². The number of amides is 4. The van der Waals surface area contributed by atoms with E-state index < -0.39 is 62.0 Å². The number of nitro benzene ring substituents is 1. The summed E-state index contributed by atoms with van der Waals surface area (Å²) in [7, 11) is 0. The summed E-state index contributed by atoms with van der Waals surface area (Å²) in [5.74, 6) is -5.79. The van der Waals surface area contributed by atoms with E-state index in [1.54, 1.807) is 30.3 Å². The Balaban J connectivity index is 1.51. The number of non-ortho nitro benzene ring substituents is 1. The third kappa shape index (κ3) is 4.10. The van der Waals surface area contributed by atoms with Crippen LogP contribution in [0.1, 0.15) is 24.3 Å². The molecule has 0 spiro atoms. The van der Waals surface area contributed by atoms with Crippen LogP contribution in [-0.4, -0.2) is 67.0 Å². The standard InChI is InChI=1S/C29H24BrCl2N3O8/c30-14-33-26(39)28(31)13-20-17(23(29(28,32)27(33)40)18-6-1-2-7-21(18)43-11-10-36)8-9-19-22(20)25(38)34(24(19)37)15-4-3-5-16(12-15)35(41)42/h1-8,12,19-20,22-23,36H,9-11,13-14H2. The van der Waals surface area contributed by atoms with Crippen LogP contribution in [0, 0.1) is 27.9 Å². The number of hydrogen-bond acceptors (Lipinski definition) is 8. The fourth-order valence-electron chi connectivity index (χ4n) is 7.10. The highest BCUT2D eigenvalue weighted by atomic mass is 79.9. The molecule has 2 saturated heterocycles. The van der Waals surface area contributed by atoms with Crippen molar-refractivity contribution < 1.29 is 33.9 Å². The number of halogens is 3. The number of para-hydroxylation sites is 1. The van der Waals surface area contributed by atoms with Crippen molar-refractivity contribution >= 4 is 74.1 Å². The number of allylic oxidation sites excluding steroid dienone is 2. The molecule has 4 aliphatic rings. The van der Waals surface area contributed by atoms with E-state index in [0.717, 1.165) is 9.80 Å². The maximum atomic E-state index is 14.1. The molecule has 2 aromatic rings. The van der Waals surface area contributed by atoms with Crippen molar-refractivity contribution in [1.29, 1.82) is 0 Å². The molecule has 14 heteroatoms. The topological polar surface area (TPSA) is 147 Å². The number of aliphatic hydroxyl groups excluding tert-OH is 1. The zero-order chi connectivity index (χ0) is 30.8. The van der Waals surface area contributed by atoms with Gasteiger partial charge in [0.15, 0.2) is 9.75 Å². The normalized spacial score (nSPS) is 31.5. The number of nitro groups is 1. The predicted octanol–water partition coefficient (Wildman–Crippen LogP) is 3.88. The van der Waals surface area contributed by atoms with Crippen LogP contribution in [0.15, 0.2) is 60.2 Å². The summed E-state index contributed by atoms with van der Waals surface area (Å²) >= 11 is 17.7. The van der Waals surface area contributed by atoms with Crippen LogP contribution < -0.4 is 9.64 Å². The lowest BCUT2D eigenvalue weighted by molar-refractivity contribution is -0.384. The molecule has 4 amide bonds. The maximum Gasteiger partial charge on any atom is 0.271 e. The van der Waals surface area contributed by atoms with Crippen LogP contribution in [0.5, 0.6) is 5.75 Å². The van der Waals surface area contributed by atoms with Crippen molar-refractivity contribution in [2.24, 2.45) is 17.8 Å². The molecular weight excluding hydrogens is 669 g/mol. The molecule has 2 aromatic carbocycles. The van der Waals surface area contributed by atoms with Gasteiger partial charge in [-0.1, -0.05) is 51.8 Å². The number of aliphatic hydroxyl groups is 1. The molecular formula is C29H24BrCl2N3O8. The first kappa shape index (κ1) is 29.7. The van der Waals surface area contributed by atoms with E-state index in [2.05, 4.69) is 15.9 Å². The molecule has 2 heterocycles. The monoisotopic (exact) mass is 691 g/mol. The number of carbonyl (C=O) groups excluding carboxylic acids is 4. The highest BCUT2D eigenvalue weighted by molar-refractivity contribution is 9.09. The second-order valence-corrected chi connectivity index (χ2v) is 12.6. The number of alkyl halides is 3. The molecule has 2 aliphatic heterocycles. The average molecular weight is 693 g/mol. The van der Waals surface area contributed by atoms with Gasteiger partial charge < -0.3 is 9.84 Å². The summed E-state index contributed by atoms with van der Waals surface area (Å²) in [5.41, 5.74) is 0.652. The molecule has 6 unspecified atom stereocenters. The number of ether oxygens (including phenoxy) is 1. The maximum absolute atomic E-state index is 14.1. The van der Waals surface area contributed by atoms with Gasteiger partial charge in [-0.25, -0.2) is 4.90 Å². The van der Waals surface area contributed by atoms with Gasteiger partial charge >= 0.3 is 0 Å².